The van der Waals surface area contributed by atoms with Crippen molar-refractivity contribution in [3.63, 3.8) is 0 Å². The molecule has 14 heavy (non-hydrogen) atoms. The predicted molar refractivity (Wildman–Crippen MR) is 61.4 cm³/mol. The maximum atomic E-state index is 5.72. The standard InChI is InChI=1S/C11H12N2S/c1-7-4-3-5-9(6-7)11-13-10(12)8(2)14-11/h3-6H,12H2,1-2H3. The number of benzene rings is 1. The van der Waals surface area contributed by atoms with E-state index in [1.54, 1.807) is 11.3 Å². The first-order valence-electron chi connectivity index (χ1n) is 4.47. The molecule has 1 aromatic heterocycles. The van der Waals surface area contributed by atoms with Gasteiger partial charge in [0.15, 0.2) is 0 Å². The molecule has 0 aliphatic rings. The number of thiazole rings is 1. The van der Waals surface area contributed by atoms with Crippen LogP contribution in [0.2, 0.25) is 0 Å². The summed E-state index contributed by atoms with van der Waals surface area (Å²) >= 11 is 1.64. The zero-order valence-electron chi connectivity index (χ0n) is 8.24. The number of anilines is 1. The molecule has 0 radical (unpaired) electrons. The van der Waals surface area contributed by atoms with Gasteiger partial charge in [-0.05, 0) is 19.9 Å². The lowest BCUT2D eigenvalue weighted by atomic mass is 10.1. The molecule has 0 unspecified atom stereocenters. The molecule has 0 atom stereocenters. The Morgan fingerprint density at radius 2 is 2.07 bits per heavy atom. The Bertz CT molecular complexity index is 441. The number of nitrogens with zero attached hydrogens (tertiary/aromatic N) is 1. The van der Waals surface area contributed by atoms with Crippen LogP contribution >= 0.6 is 11.3 Å². The van der Waals surface area contributed by atoms with Crippen LogP contribution in [0.5, 0.6) is 0 Å². The van der Waals surface area contributed by atoms with E-state index < -0.39 is 0 Å². The van der Waals surface area contributed by atoms with E-state index in [1.807, 2.05) is 13.0 Å². The highest BCUT2D eigenvalue weighted by Gasteiger charge is 2.06. The van der Waals surface area contributed by atoms with Gasteiger partial charge in [0.05, 0.1) is 0 Å². The normalized spacial score (nSPS) is 10.4. The molecule has 0 saturated carbocycles. The van der Waals surface area contributed by atoms with E-state index in [9.17, 15) is 0 Å². The fourth-order valence-electron chi connectivity index (χ4n) is 1.31. The average molecular weight is 204 g/mol. The molecule has 2 N–H and O–H groups in total. The molecule has 0 fully saturated rings. The van der Waals surface area contributed by atoms with Crippen molar-refractivity contribution in [3.8, 4) is 10.6 Å². The topological polar surface area (TPSA) is 38.9 Å². The Balaban J connectivity index is 2.49. The smallest absolute Gasteiger partial charge is 0.138 e. The second-order valence-corrected chi connectivity index (χ2v) is 4.53. The summed E-state index contributed by atoms with van der Waals surface area (Å²) in [5, 5.41) is 1.00. The summed E-state index contributed by atoms with van der Waals surface area (Å²) in [5.41, 5.74) is 8.11. The van der Waals surface area contributed by atoms with E-state index in [0.717, 1.165) is 15.4 Å². The molecule has 2 nitrogen and oxygen atoms in total. The van der Waals surface area contributed by atoms with Gasteiger partial charge in [-0.15, -0.1) is 11.3 Å². The van der Waals surface area contributed by atoms with Crippen LogP contribution in [0.3, 0.4) is 0 Å². The number of aromatic nitrogens is 1. The van der Waals surface area contributed by atoms with Gasteiger partial charge in [0.1, 0.15) is 10.8 Å². The second-order valence-electron chi connectivity index (χ2n) is 3.33. The van der Waals surface area contributed by atoms with Crippen molar-refractivity contribution >= 4 is 17.2 Å². The largest absolute Gasteiger partial charge is 0.383 e. The number of nitrogen functional groups attached to an aromatic ring is 1. The van der Waals surface area contributed by atoms with Crippen molar-refractivity contribution in [3.05, 3.63) is 34.7 Å². The van der Waals surface area contributed by atoms with Crippen molar-refractivity contribution < 1.29 is 0 Å². The third-order valence-electron chi connectivity index (χ3n) is 2.10. The highest BCUT2D eigenvalue weighted by molar-refractivity contribution is 7.15. The number of nitrogens with two attached hydrogens (primary N) is 1. The van der Waals surface area contributed by atoms with Crippen LogP contribution in [-0.4, -0.2) is 4.98 Å². The van der Waals surface area contributed by atoms with Crippen molar-refractivity contribution in [1.82, 2.24) is 4.98 Å². The summed E-state index contributed by atoms with van der Waals surface area (Å²) in [4.78, 5) is 5.40. The molecular weight excluding hydrogens is 192 g/mol. The quantitative estimate of drug-likeness (QED) is 0.775. The summed E-state index contributed by atoms with van der Waals surface area (Å²) in [6, 6.07) is 8.30. The molecule has 72 valence electrons. The summed E-state index contributed by atoms with van der Waals surface area (Å²) in [5.74, 6) is 0.645. The molecule has 3 heteroatoms. The number of rotatable bonds is 1. The maximum Gasteiger partial charge on any atom is 0.138 e. The van der Waals surface area contributed by atoms with Crippen molar-refractivity contribution in [2.24, 2.45) is 0 Å². The Hall–Kier alpha value is -1.35. The van der Waals surface area contributed by atoms with Crippen LogP contribution in [0.1, 0.15) is 10.4 Å². The third-order valence-corrected chi connectivity index (χ3v) is 3.13. The first-order chi connectivity index (χ1) is 6.66. The van der Waals surface area contributed by atoms with E-state index >= 15 is 0 Å². The highest BCUT2D eigenvalue weighted by Crippen LogP contribution is 2.28. The minimum absolute atomic E-state index is 0.645. The predicted octanol–water partition coefficient (Wildman–Crippen LogP) is 3.01. The minimum atomic E-state index is 0.645. The minimum Gasteiger partial charge on any atom is -0.383 e. The van der Waals surface area contributed by atoms with Gasteiger partial charge in [-0.3, -0.25) is 0 Å². The van der Waals surface area contributed by atoms with Gasteiger partial charge in [-0.25, -0.2) is 4.98 Å². The van der Waals surface area contributed by atoms with E-state index in [0.29, 0.717) is 5.82 Å². The molecule has 0 aliphatic heterocycles. The zero-order valence-corrected chi connectivity index (χ0v) is 9.06. The Morgan fingerprint density at radius 3 is 2.64 bits per heavy atom. The lowest BCUT2D eigenvalue weighted by Gasteiger charge is -1.96. The van der Waals surface area contributed by atoms with Crippen LogP contribution in [0.15, 0.2) is 24.3 Å². The Morgan fingerprint density at radius 1 is 1.29 bits per heavy atom. The zero-order chi connectivity index (χ0) is 10.1. The SMILES string of the molecule is Cc1cccc(-c2nc(N)c(C)s2)c1. The van der Waals surface area contributed by atoms with Gasteiger partial charge in [0.2, 0.25) is 0 Å². The fraction of sp³-hybridized carbons (Fsp3) is 0.182. The molecule has 1 heterocycles. The summed E-state index contributed by atoms with van der Waals surface area (Å²) in [6.45, 7) is 4.07. The summed E-state index contributed by atoms with van der Waals surface area (Å²) < 4.78 is 0. The highest BCUT2D eigenvalue weighted by atomic mass is 32.1. The molecule has 0 aliphatic carbocycles. The molecule has 1 aromatic carbocycles. The molecule has 2 aromatic rings. The second kappa shape index (κ2) is 3.42. The molecule has 0 saturated heterocycles. The van der Waals surface area contributed by atoms with Crippen LogP contribution in [0, 0.1) is 13.8 Å². The van der Waals surface area contributed by atoms with Crippen LogP contribution < -0.4 is 5.73 Å². The van der Waals surface area contributed by atoms with Crippen molar-refractivity contribution in [1.29, 1.82) is 0 Å². The van der Waals surface area contributed by atoms with Crippen LogP contribution in [-0.2, 0) is 0 Å². The molecular formula is C11H12N2S. The average Bonchev–Trinajstić information content (AvgIpc) is 2.47. The van der Waals surface area contributed by atoms with Gasteiger partial charge in [-0.1, -0.05) is 23.8 Å². The first kappa shape index (κ1) is 9.21. The summed E-state index contributed by atoms with van der Waals surface area (Å²) in [6.07, 6.45) is 0. The van der Waals surface area contributed by atoms with Gasteiger partial charge in [-0.2, -0.15) is 0 Å². The van der Waals surface area contributed by atoms with Crippen molar-refractivity contribution in [2.45, 2.75) is 13.8 Å². The lowest BCUT2D eigenvalue weighted by Crippen LogP contribution is -1.86. The maximum absolute atomic E-state index is 5.72. The number of hydrogen-bond donors (Lipinski definition) is 1. The van der Waals surface area contributed by atoms with Gasteiger partial charge < -0.3 is 5.73 Å². The molecule has 0 amide bonds. The summed E-state index contributed by atoms with van der Waals surface area (Å²) in [7, 11) is 0. The molecule has 0 spiro atoms. The number of aryl methyl sites for hydroxylation is 2. The van der Waals surface area contributed by atoms with E-state index in [1.165, 1.54) is 5.56 Å². The van der Waals surface area contributed by atoms with Gasteiger partial charge in [0.25, 0.3) is 0 Å². The van der Waals surface area contributed by atoms with E-state index in [2.05, 4.69) is 30.1 Å². The lowest BCUT2D eigenvalue weighted by molar-refractivity contribution is 1.37. The van der Waals surface area contributed by atoms with E-state index in [4.69, 9.17) is 5.73 Å². The third kappa shape index (κ3) is 1.63. The van der Waals surface area contributed by atoms with Crippen LogP contribution in [0.4, 0.5) is 5.82 Å². The molecule has 0 bridgehead atoms. The van der Waals surface area contributed by atoms with Gasteiger partial charge in [0, 0.05) is 10.4 Å². The number of hydrogen-bond acceptors (Lipinski definition) is 3. The Kier molecular flexibility index (Phi) is 2.25. The fourth-order valence-corrected chi connectivity index (χ4v) is 2.14. The van der Waals surface area contributed by atoms with Crippen molar-refractivity contribution in [2.75, 3.05) is 5.73 Å². The van der Waals surface area contributed by atoms with E-state index in [-0.39, 0.29) is 0 Å². The monoisotopic (exact) mass is 204 g/mol. The molecule has 2 rings (SSSR count). The van der Waals surface area contributed by atoms with Crippen LogP contribution in [0.25, 0.3) is 10.6 Å². The van der Waals surface area contributed by atoms with Gasteiger partial charge >= 0.3 is 0 Å². The Labute approximate surface area is 87.4 Å². The first-order valence-corrected chi connectivity index (χ1v) is 5.28.